The molecule has 1 saturated heterocycles. The van der Waals surface area contributed by atoms with Gasteiger partial charge in [0.15, 0.2) is 5.82 Å². The Morgan fingerprint density at radius 3 is 2.70 bits per heavy atom. The van der Waals surface area contributed by atoms with Gasteiger partial charge >= 0.3 is 0 Å². The van der Waals surface area contributed by atoms with Crippen molar-refractivity contribution in [1.29, 1.82) is 0 Å². The molecular weight excluding hydrogens is 298 g/mol. The van der Waals surface area contributed by atoms with Gasteiger partial charge in [-0.25, -0.2) is 18.4 Å². The second-order valence-electron chi connectivity index (χ2n) is 5.40. The van der Waals surface area contributed by atoms with E-state index in [1.807, 2.05) is 18.7 Å². The maximum atomic E-state index is 11.3. The molecule has 0 bridgehead atoms. The van der Waals surface area contributed by atoms with Crippen molar-refractivity contribution < 1.29 is 8.42 Å². The number of rotatable bonds is 4. The van der Waals surface area contributed by atoms with Crippen LogP contribution in [0.15, 0.2) is 12.6 Å². The van der Waals surface area contributed by atoms with Gasteiger partial charge in [0.1, 0.15) is 20.8 Å². The first-order valence-electron chi connectivity index (χ1n) is 6.32. The van der Waals surface area contributed by atoms with E-state index >= 15 is 0 Å². The molecule has 110 valence electrons. The Bertz CT molecular complexity index is 645. The Morgan fingerprint density at radius 1 is 1.55 bits per heavy atom. The number of nitrogens with zero attached hydrogens (tertiary/aromatic N) is 3. The highest BCUT2D eigenvalue weighted by Gasteiger charge is 2.38. The molecule has 0 aliphatic carbocycles. The molecular formula is C13H18ClN3O2S. The van der Waals surface area contributed by atoms with Gasteiger partial charge in [-0.3, -0.25) is 0 Å². The van der Waals surface area contributed by atoms with Gasteiger partial charge in [0, 0.05) is 30.8 Å². The van der Waals surface area contributed by atoms with Crippen molar-refractivity contribution in [2.24, 2.45) is 5.92 Å². The Hall–Kier alpha value is -1.14. The van der Waals surface area contributed by atoms with Gasteiger partial charge in [0.25, 0.3) is 0 Å². The summed E-state index contributed by atoms with van der Waals surface area (Å²) in [5, 5.41) is 0.367. The van der Waals surface area contributed by atoms with Crippen molar-refractivity contribution in [3.8, 4) is 0 Å². The molecule has 0 N–H and O–H groups in total. The quantitative estimate of drug-likeness (QED) is 0.796. The Morgan fingerprint density at radius 2 is 2.20 bits per heavy atom. The van der Waals surface area contributed by atoms with Gasteiger partial charge in [-0.15, -0.1) is 0 Å². The van der Waals surface area contributed by atoms with E-state index in [4.69, 9.17) is 11.6 Å². The van der Waals surface area contributed by atoms with E-state index in [2.05, 4.69) is 16.5 Å². The van der Waals surface area contributed by atoms with Gasteiger partial charge < -0.3 is 4.90 Å². The van der Waals surface area contributed by atoms with Gasteiger partial charge in [0.05, 0.1) is 5.75 Å². The summed E-state index contributed by atoms with van der Waals surface area (Å²) in [5.41, 5.74) is 0.745. The summed E-state index contributed by atoms with van der Waals surface area (Å²) in [7, 11) is -2.95. The van der Waals surface area contributed by atoms with E-state index < -0.39 is 9.84 Å². The molecule has 2 rings (SSSR count). The van der Waals surface area contributed by atoms with Crippen LogP contribution in [0.25, 0.3) is 5.57 Å². The Labute approximate surface area is 124 Å². The highest BCUT2D eigenvalue weighted by atomic mass is 35.5. The van der Waals surface area contributed by atoms with Crippen LogP contribution in [0, 0.1) is 5.92 Å². The van der Waals surface area contributed by atoms with Gasteiger partial charge in [-0.05, 0) is 19.4 Å². The highest BCUT2D eigenvalue weighted by Crippen LogP contribution is 2.32. The molecule has 0 radical (unpaired) electrons. The van der Waals surface area contributed by atoms with Crippen molar-refractivity contribution in [2.75, 3.05) is 23.5 Å². The van der Waals surface area contributed by atoms with E-state index in [-0.39, 0.29) is 17.7 Å². The third-order valence-electron chi connectivity index (χ3n) is 3.48. The minimum atomic E-state index is -2.95. The Kier molecular flexibility index (Phi) is 4.07. The lowest BCUT2D eigenvalue weighted by Gasteiger charge is -2.47. The van der Waals surface area contributed by atoms with Crippen LogP contribution in [-0.4, -0.2) is 43.0 Å². The van der Waals surface area contributed by atoms with Crippen LogP contribution < -0.4 is 4.90 Å². The second kappa shape index (κ2) is 5.33. The van der Waals surface area contributed by atoms with Gasteiger partial charge in [-0.2, -0.15) is 0 Å². The lowest BCUT2D eigenvalue weighted by atomic mass is 9.92. The molecule has 1 aliphatic rings. The molecule has 0 saturated carbocycles. The summed E-state index contributed by atoms with van der Waals surface area (Å²) in [6.45, 7) is 8.29. The highest BCUT2D eigenvalue weighted by molar-refractivity contribution is 7.90. The van der Waals surface area contributed by atoms with Crippen LogP contribution in [0.3, 0.4) is 0 Å². The zero-order valence-corrected chi connectivity index (χ0v) is 13.4. The standard InChI is InChI=1S/C13H18ClN3O2S/c1-8(2)13-15-11(14)5-12(16-13)17-6-10(9(17)3)7-20(4,18)19/h5,9-10H,1,6-7H2,2-4H3/t9-,10-/m1/s1. The maximum absolute atomic E-state index is 11.3. The van der Waals surface area contributed by atoms with Crippen molar-refractivity contribution in [3.63, 3.8) is 0 Å². The SMILES string of the molecule is C=C(C)c1nc(Cl)cc(N2C[C@H](CS(C)(=O)=O)[C@H]2C)n1. The fourth-order valence-corrected chi connectivity index (χ4v) is 3.65. The largest absolute Gasteiger partial charge is 0.353 e. The molecule has 5 nitrogen and oxygen atoms in total. The van der Waals surface area contributed by atoms with Crippen LogP contribution in [0.2, 0.25) is 5.15 Å². The molecule has 1 aromatic heterocycles. The minimum absolute atomic E-state index is 0.119. The fourth-order valence-electron chi connectivity index (χ4n) is 2.31. The minimum Gasteiger partial charge on any atom is -0.353 e. The molecule has 20 heavy (non-hydrogen) atoms. The monoisotopic (exact) mass is 315 g/mol. The lowest BCUT2D eigenvalue weighted by molar-refractivity contribution is 0.338. The molecule has 0 amide bonds. The molecule has 0 unspecified atom stereocenters. The number of aromatic nitrogens is 2. The third-order valence-corrected chi connectivity index (χ3v) is 4.71. The maximum Gasteiger partial charge on any atom is 0.158 e. The summed E-state index contributed by atoms with van der Waals surface area (Å²) < 4.78 is 22.7. The molecule has 0 spiro atoms. The second-order valence-corrected chi connectivity index (χ2v) is 7.97. The first kappa shape index (κ1) is 15.3. The van der Waals surface area contributed by atoms with Crippen LogP contribution in [0.5, 0.6) is 0 Å². The third kappa shape index (κ3) is 3.30. The van der Waals surface area contributed by atoms with E-state index in [1.165, 1.54) is 6.26 Å². The zero-order chi connectivity index (χ0) is 15.1. The van der Waals surface area contributed by atoms with Gasteiger partial charge in [-0.1, -0.05) is 18.2 Å². The number of hydrogen-bond donors (Lipinski definition) is 0. The molecule has 1 aromatic rings. The number of allylic oxidation sites excluding steroid dienone is 1. The van der Waals surface area contributed by atoms with Crippen LogP contribution in [0.1, 0.15) is 19.7 Å². The van der Waals surface area contributed by atoms with E-state index in [1.54, 1.807) is 6.07 Å². The van der Waals surface area contributed by atoms with Crippen molar-refractivity contribution in [2.45, 2.75) is 19.9 Å². The first-order chi connectivity index (χ1) is 9.17. The predicted octanol–water partition coefficient (Wildman–Crippen LogP) is 2.03. The lowest BCUT2D eigenvalue weighted by Crippen LogP contribution is -2.57. The van der Waals surface area contributed by atoms with E-state index in [0.717, 1.165) is 11.4 Å². The topological polar surface area (TPSA) is 63.2 Å². The number of halogens is 1. The van der Waals surface area contributed by atoms with Gasteiger partial charge in [0.2, 0.25) is 0 Å². The van der Waals surface area contributed by atoms with Crippen molar-refractivity contribution >= 4 is 32.8 Å². The average molecular weight is 316 g/mol. The van der Waals surface area contributed by atoms with E-state index in [0.29, 0.717) is 17.5 Å². The van der Waals surface area contributed by atoms with Crippen molar-refractivity contribution in [3.05, 3.63) is 23.6 Å². The van der Waals surface area contributed by atoms with Crippen LogP contribution in [0.4, 0.5) is 5.82 Å². The predicted molar refractivity (Wildman–Crippen MR) is 81.8 cm³/mol. The molecule has 7 heteroatoms. The molecule has 0 aromatic carbocycles. The summed E-state index contributed by atoms with van der Waals surface area (Å²) in [6, 6.07) is 1.81. The summed E-state index contributed by atoms with van der Waals surface area (Å²) in [4.78, 5) is 10.6. The number of sulfone groups is 1. The molecule has 1 aliphatic heterocycles. The zero-order valence-electron chi connectivity index (χ0n) is 11.8. The van der Waals surface area contributed by atoms with Crippen LogP contribution in [-0.2, 0) is 9.84 Å². The summed E-state index contributed by atoms with van der Waals surface area (Å²) in [6.07, 6.45) is 1.27. The first-order valence-corrected chi connectivity index (χ1v) is 8.76. The molecule has 2 heterocycles. The van der Waals surface area contributed by atoms with Crippen molar-refractivity contribution in [1.82, 2.24) is 9.97 Å². The van der Waals surface area contributed by atoms with Crippen LogP contribution >= 0.6 is 11.6 Å². The fraction of sp³-hybridized carbons (Fsp3) is 0.538. The smallest absolute Gasteiger partial charge is 0.158 e. The number of hydrogen-bond acceptors (Lipinski definition) is 5. The molecule has 2 atom stereocenters. The summed E-state index contributed by atoms with van der Waals surface area (Å²) >= 11 is 6.00. The van der Waals surface area contributed by atoms with E-state index in [9.17, 15) is 8.42 Å². The average Bonchev–Trinajstić information content (AvgIpc) is 2.31. The number of anilines is 1. The normalized spacial score (nSPS) is 22.5. The Balaban J connectivity index is 2.17. The summed E-state index contributed by atoms with van der Waals surface area (Å²) in [5.74, 6) is 1.58. The molecule has 1 fully saturated rings.